The third kappa shape index (κ3) is 3.57. The molecule has 0 amide bonds. The topological polar surface area (TPSA) is 9.23 Å². The molecule has 3 heteroatoms. The molecule has 0 spiro atoms. The number of benzene rings is 1. The maximum Gasteiger partial charge on any atom is 0.129 e. The van der Waals surface area contributed by atoms with E-state index in [0.717, 1.165) is 24.8 Å². The largest absolute Gasteiger partial charge is 0.373 e. The monoisotopic (exact) mass is 282 g/mol. The molecule has 2 atom stereocenters. The lowest BCUT2D eigenvalue weighted by atomic mass is 9.78. The Kier molecular flexibility index (Phi) is 5.53. The summed E-state index contributed by atoms with van der Waals surface area (Å²) in [5, 5.41) is 0. The first-order chi connectivity index (χ1) is 9.65. The van der Waals surface area contributed by atoms with Gasteiger partial charge in [0.15, 0.2) is 0 Å². The molecule has 1 nitrogen and oxygen atoms in total. The Morgan fingerprint density at radius 2 is 2.10 bits per heavy atom. The fourth-order valence-electron chi connectivity index (χ4n) is 2.48. The molecule has 0 heterocycles. The van der Waals surface area contributed by atoms with Crippen molar-refractivity contribution in [3.8, 4) is 0 Å². The quantitative estimate of drug-likeness (QED) is 0.668. The Balaban J connectivity index is 2.11. The zero-order valence-corrected chi connectivity index (χ0v) is 12.4. The summed E-state index contributed by atoms with van der Waals surface area (Å²) in [5.74, 6) is 0.531. The number of halogens is 2. The molecular formula is C17H24F2O. The minimum Gasteiger partial charge on any atom is -0.373 e. The maximum absolute atomic E-state index is 13.8. The smallest absolute Gasteiger partial charge is 0.129 e. The standard InChI is InChI=1S/C17H24F2O/c1-3-12(2)11-20-17(13-5-4-6-13)14-7-8-15(10-18)16(19)9-14/h7-9,12-13,17H,3-6,10-11H2,1-2H3. The highest BCUT2D eigenvalue weighted by molar-refractivity contribution is 5.26. The number of ether oxygens (including phenoxy) is 1. The van der Waals surface area contributed by atoms with Gasteiger partial charge >= 0.3 is 0 Å². The van der Waals surface area contributed by atoms with E-state index in [1.54, 1.807) is 6.07 Å². The number of rotatable bonds is 7. The fourth-order valence-corrected chi connectivity index (χ4v) is 2.48. The average molecular weight is 282 g/mol. The van der Waals surface area contributed by atoms with Crippen molar-refractivity contribution in [3.05, 3.63) is 35.1 Å². The lowest BCUT2D eigenvalue weighted by Gasteiger charge is -2.34. The van der Waals surface area contributed by atoms with Crippen LogP contribution in [0.2, 0.25) is 0 Å². The fraction of sp³-hybridized carbons (Fsp3) is 0.647. The normalized spacial score (nSPS) is 18.6. The van der Waals surface area contributed by atoms with Crippen LogP contribution in [0.25, 0.3) is 0 Å². The SMILES string of the molecule is CCC(C)COC(c1ccc(CF)c(F)c1)C1CCC1. The van der Waals surface area contributed by atoms with Crippen LogP contribution in [0, 0.1) is 17.7 Å². The van der Waals surface area contributed by atoms with Crippen molar-refractivity contribution in [1.82, 2.24) is 0 Å². The minimum absolute atomic E-state index is 0.0408. The molecule has 2 unspecified atom stereocenters. The second-order valence-corrected chi connectivity index (χ2v) is 5.94. The summed E-state index contributed by atoms with van der Waals surface area (Å²) >= 11 is 0. The van der Waals surface area contributed by atoms with Gasteiger partial charge in [-0.1, -0.05) is 38.8 Å². The molecule has 0 bridgehead atoms. The van der Waals surface area contributed by atoms with E-state index in [4.69, 9.17) is 4.74 Å². The highest BCUT2D eigenvalue weighted by Gasteiger charge is 2.30. The predicted molar refractivity (Wildman–Crippen MR) is 76.7 cm³/mol. The van der Waals surface area contributed by atoms with Crippen LogP contribution >= 0.6 is 0 Å². The van der Waals surface area contributed by atoms with Crippen LogP contribution in [0.1, 0.15) is 56.8 Å². The van der Waals surface area contributed by atoms with Crippen molar-refractivity contribution >= 4 is 0 Å². The lowest BCUT2D eigenvalue weighted by Crippen LogP contribution is -2.24. The maximum atomic E-state index is 13.8. The minimum atomic E-state index is -0.756. The Morgan fingerprint density at radius 3 is 2.60 bits per heavy atom. The van der Waals surface area contributed by atoms with Crippen molar-refractivity contribution in [2.75, 3.05) is 6.61 Å². The summed E-state index contributed by atoms with van der Waals surface area (Å²) in [4.78, 5) is 0. The molecule has 0 aliphatic heterocycles. The van der Waals surface area contributed by atoms with Crippen LogP contribution in [-0.2, 0) is 11.4 Å². The molecule has 20 heavy (non-hydrogen) atoms. The molecule has 1 aromatic rings. The van der Waals surface area contributed by atoms with E-state index in [0.29, 0.717) is 18.4 Å². The molecule has 1 aromatic carbocycles. The first kappa shape index (κ1) is 15.4. The Labute approximate surface area is 120 Å². The molecule has 0 aromatic heterocycles. The predicted octanol–water partition coefficient (Wildman–Crippen LogP) is 5.20. The van der Waals surface area contributed by atoms with Crippen LogP contribution in [0.3, 0.4) is 0 Å². The summed E-state index contributed by atoms with van der Waals surface area (Å²) in [7, 11) is 0. The van der Waals surface area contributed by atoms with E-state index in [1.807, 2.05) is 6.07 Å². The van der Waals surface area contributed by atoms with Gasteiger partial charge in [-0.3, -0.25) is 0 Å². The van der Waals surface area contributed by atoms with Crippen LogP contribution in [0.4, 0.5) is 8.78 Å². The van der Waals surface area contributed by atoms with Crippen molar-refractivity contribution in [2.45, 2.75) is 52.3 Å². The molecule has 0 N–H and O–H groups in total. The van der Waals surface area contributed by atoms with Crippen molar-refractivity contribution in [2.24, 2.45) is 11.8 Å². The zero-order chi connectivity index (χ0) is 14.5. The van der Waals surface area contributed by atoms with Gasteiger partial charge in [0.1, 0.15) is 12.5 Å². The summed E-state index contributed by atoms with van der Waals surface area (Å²) < 4.78 is 32.4. The van der Waals surface area contributed by atoms with Crippen molar-refractivity contribution < 1.29 is 13.5 Å². The van der Waals surface area contributed by atoms with Crippen LogP contribution in [-0.4, -0.2) is 6.61 Å². The van der Waals surface area contributed by atoms with E-state index >= 15 is 0 Å². The van der Waals surface area contributed by atoms with E-state index in [-0.39, 0.29) is 11.7 Å². The Morgan fingerprint density at radius 1 is 1.35 bits per heavy atom. The highest BCUT2D eigenvalue weighted by Crippen LogP contribution is 2.40. The Bertz CT molecular complexity index is 429. The van der Waals surface area contributed by atoms with Gasteiger partial charge in [-0.25, -0.2) is 8.78 Å². The van der Waals surface area contributed by atoms with Crippen LogP contribution in [0.5, 0.6) is 0 Å². The van der Waals surface area contributed by atoms with Crippen LogP contribution in [0.15, 0.2) is 18.2 Å². The molecule has 1 saturated carbocycles. The average Bonchev–Trinajstić information content (AvgIpc) is 2.40. The number of alkyl halides is 1. The van der Waals surface area contributed by atoms with Crippen LogP contribution < -0.4 is 0 Å². The van der Waals surface area contributed by atoms with Gasteiger partial charge in [0, 0.05) is 12.2 Å². The molecule has 1 aliphatic rings. The molecule has 112 valence electrons. The second-order valence-electron chi connectivity index (χ2n) is 5.94. The van der Waals surface area contributed by atoms with E-state index in [1.165, 1.54) is 12.5 Å². The van der Waals surface area contributed by atoms with Crippen molar-refractivity contribution in [3.63, 3.8) is 0 Å². The van der Waals surface area contributed by atoms with E-state index in [9.17, 15) is 8.78 Å². The third-order valence-electron chi connectivity index (χ3n) is 4.38. The van der Waals surface area contributed by atoms with Gasteiger partial charge in [-0.15, -0.1) is 0 Å². The zero-order valence-electron chi connectivity index (χ0n) is 12.4. The molecule has 2 rings (SSSR count). The summed E-state index contributed by atoms with van der Waals surface area (Å²) in [6.45, 7) is 4.24. The molecule has 1 aliphatic carbocycles. The number of hydrogen-bond donors (Lipinski definition) is 0. The summed E-state index contributed by atoms with van der Waals surface area (Å²) in [6, 6.07) is 4.81. The van der Waals surface area contributed by atoms with Gasteiger partial charge in [0.2, 0.25) is 0 Å². The highest BCUT2D eigenvalue weighted by atomic mass is 19.1. The van der Waals surface area contributed by atoms with E-state index < -0.39 is 12.5 Å². The van der Waals surface area contributed by atoms with E-state index in [2.05, 4.69) is 13.8 Å². The third-order valence-corrected chi connectivity index (χ3v) is 4.38. The Hall–Kier alpha value is -0.960. The van der Waals surface area contributed by atoms with Gasteiger partial charge in [0.25, 0.3) is 0 Å². The van der Waals surface area contributed by atoms with Gasteiger partial charge in [-0.2, -0.15) is 0 Å². The number of hydrogen-bond acceptors (Lipinski definition) is 1. The van der Waals surface area contributed by atoms with Crippen molar-refractivity contribution in [1.29, 1.82) is 0 Å². The van der Waals surface area contributed by atoms with Gasteiger partial charge in [-0.05, 0) is 36.3 Å². The lowest BCUT2D eigenvalue weighted by molar-refractivity contribution is -0.0298. The molecular weight excluding hydrogens is 258 g/mol. The summed E-state index contributed by atoms with van der Waals surface area (Å²) in [6.07, 6.45) is 4.53. The van der Waals surface area contributed by atoms with Gasteiger partial charge < -0.3 is 4.74 Å². The summed E-state index contributed by atoms with van der Waals surface area (Å²) in [5.41, 5.74) is 0.982. The molecule has 0 saturated heterocycles. The molecule has 1 fully saturated rings. The first-order valence-electron chi connectivity index (χ1n) is 7.61. The first-order valence-corrected chi connectivity index (χ1v) is 7.61. The molecule has 0 radical (unpaired) electrons. The second kappa shape index (κ2) is 7.16. The van der Waals surface area contributed by atoms with Gasteiger partial charge in [0.05, 0.1) is 6.10 Å².